The Labute approximate surface area is 118 Å². The van der Waals surface area contributed by atoms with E-state index in [1.165, 1.54) is 28.3 Å². The zero-order valence-electron chi connectivity index (χ0n) is 11.4. The first kappa shape index (κ1) is 12.8. The van der Waals surface area contributed by atoms with Crippen LogP contribution in [-0.4, -0.2) is 4.98 Å². The standard InChI is InChI=1S/C16H20N2S/c1-2-14-10-18-16(19-14)11-17-9-13-5-3-4-6-15(13)12-7-8-12/h3-6,10,12,17H,2,7-9,11H2,1H3. The van der Waals surface area contributed by atoms with Crippen molar-refractivity contribution in [3.8, 4) is 0 Å². The van der Waals surface area contributed by atoms with Crippen molar-refractivity contribution in [1.82, 2.24) is 10.3 Å². The van der Waals surface area contributed by atoms with Crippen LogP contribution in [0.1, 0.15) is 46.7 Å². The van der Waals surface area contributed by atoms with Gasteiger partial charge in [-0.25, -0.2) is 4.98 Å². The van der Waals surface area contributed by atoms with Gasteiger partial charge < -0.3 is 5.32 Å². The Kier molecular flexibility index (Phi) is 3.95. The normalized spacial score (nSPS) is 14.8. The molecule has 19 heavy (non-hydrogen) atoms. The molecule has 3 heteroatoms. The predicted octanol–water partition coefficient (Wildman–Crippen LogP) is 3.87. The van der Waals surface area contributed by atoms with E-state index in [1.54, 1.807) is 5.56 Å². The highest BCUT2D eigenvalue weighted by Crippen LogP contribution is 2.41. The van der Waals surface area contributed by atoms with E-state index in [0.717, 1.165) is 25.4 Å². The van der Waals surface area contributed by atoms with Crippen molar-refractivity contribution in [2.24, 2.45) is 0 Å². The lowest BCUT2D eigenvalue weighted by Crippen LogP contribution is -2.13. The van der Waals surface area contributed by atoms with Gasteiger partial charge in [-0.05, 0) is 36.3 Å². The van der Waals surface area contributed by atoms with Gasteiger partial charge in [-0.3, -0.25) is 0 Å². The number of hydrogen-bond acceptors (Lipinski definition) is 3. The minimum atomic E-state index is 0.824. The molecule has 1 heterocycles. The summed E-state index contributed by atoms with van der Waals surface area (Å²) in [5.74, 6) is 0.824. The van der Waals surface area contributed by atoms with Crippen molar-refractivity contribution in [3.63, 3.8) is 0 Å². The summed E-state index contributed by atoms with van der Waals surface area (Å²) >= 11 is 1.82. The Hall–Kier alpha value is -1.19. The van der Waals surface area contributed by atoms with Crippen molar-refractivity contribution in [2.75, 3.05) is 0 Å². The van der Waals surface area contributed by atoms with Gasteiger partial charge in [-0.15, -0.1) is 11.3 Å². The van der Waals surface area contributed by atoms with Crippen LogP contribution in [0.3, 0.4) is 0 Å². The van der Waals surface area contributed by atoms with E-state index in [4.69, 9.17) is 0 Å². The van der Waals surface area contributed by atoms with Gasteiger partial charge in [0.05, 0.1) is 0 Å². The molecule has 0 amide bonds. The monoisotopic (exact) mass is 272 g/mol. The fraction of sp³-hybridized carbons (Fsp3) is 0.438. The molecule has 1 aliphatic rings. The summed E-state index contributed by atoms with van der Waals surface area (Å²) in [5, 5.41) is 4.72. The zero-order valence-corrected chi connectivity index (χ0v) is 12.2. The highest BCUT2D eigenvalue weighted by Gasteiger charge is 2.25. The van der Waals surface area contributed by atoms with Gasteiger partial charge in [0.1, 0.15) is 5.01 Å². The fourth-order valence-corrected chi connectivity index (χ4v) is 3.22. The first-order valence-electron chi connectivity index (χ1n) is 7.09. The van der Waals surface area contributed by atoms with Crippen LogP contribution >= 0.6 is 11.3 Å². The van der Waals surface area contributed by atoms with Crippen LogP contribution in [-0.2, 0) is 19.5 Å². The minimum Gasteiger partial charge on any atom is -0.306 e. The molecule has 0 unspecified atom stereocenters. The van der Waals surface area contributed by atoms with Gasteiger partial charge in [0.15, 0.2) is 0 Å². The van der Waals surface area contributed by atoms with E-state index >= 15 is 0 Å². The molecule has 0 aliphatic heterocycles. The van der Waals surface area contributed by atoms with Crippen molar-refractivity contribution >= 4 is 11.3 Å². The lowest BCUT2D eigenvalue weighted by atomic mass is 10.0. The molecular weight excluding hydrogens is 252 g/mol. The largest absolute Gasteiger partial charge is 0.306 e. The van der Waals surface area contributed by atoms with Crippen LogP contribution < -0.4 is 5.32 Å². The Morgan fingerprint density at radius 3 is 2.84 bits per heavy atom. The smallest absolute Gasteiger partial charge is 0.107 e. The summed E-state index contributed by atoms with van der Waals surface area (Å²) < 4.78 is 0. The molecule has 0 atom stereocenters. The minimum absolute atomic E-state index is 0.824. The quantitative estimate of drug-likeness (QED) is 0.863. The van der Waals surface area contributed by atoms with Gasteiger partial charge in [0.25, 0.3) is 0 Å². The molecule has 0 spiro atoms. The van der Waals surface area contributed by atoms with E-state index in [9.17, 15) is 0 Å². The van der Waals surface area contributed by atoms with Gasteiger partial charge in [-0.2, -0.15) is 0 Å². The van der Waals surface area contributed by atoms with Crippen molar-refractivity contribution < 1.29 is 0 Å². The fourth-order valence-electron chi connectivity index (χ4n) is 2.39. The number of nitrogens with zero attached hydrogens (tertiary/aromatic N) is 1. The van der Waals surface area contributed by atoms with Crippen molar-refractivity contribution in [1.29, 1.82) is 0 Å². The van der Waals surface area contributed by atoms with Crippen LogP contribution in [0, 0.1) is 0 Å². The molecule has 1 N–H and O–H groups in total. The van der Waals surface area contributed by atoms with Crippen LogP contribution in [0.5, 0.6) is 0 Å². The second kappa shape index (κ2) is 5.85. The summed E-state index contributed by atoms with van der Waals surface area (Å²) in [6.45, 7) is 4.01. The third-order valence-electron chi connectivity index (χ3n) is 3.61. The number of hydrogen-bond donors (Lipinski definition) is 1. The van der Waals surface area contributed by atoms with Crippen molar-refractivity contribution in [3.05, 3.63) is 51.5 Å². The molecule has 1 fully saturated rings. The average Bonchev–Trinajstić information content (AvgIpc) is 3.19. The maximum Gasteiger partial charge on any atom is 0.107 e. The second-order valence-electron chi connectivity index (χ2n) is 5.15. The molecule has 1 aromatic heterocycles. The summed E-state index contributed by atoms with van der Waals surface area (Å²) in [5.41, 5.74) is 3.00. The zero-order chi connectivity index (χ0) is 13.1. The molecule has 1 saturated carbocycles. The second-order valence-corrected chi connectivity index (χ2v) is 6.35. The molecular formula is C16H20N2S. The van der Waals surface area contributed by atoms with Crippen molar-refractivity contribution in [2.45, 2.75) is 45.2 Å². The predicted molar refractivity (Wildman–Crippen MR) is 80.5 cm³/mol. The van der Waals surface area contributed by atoms with Gasteiger partial charge in [0, 0.05) is 24.2 Å². The van der Waals surface area contributed by atoms with E-state index in [0.29, 0.717) is 0 Å². The molecule has 0 saturated heterocycles. The summed E-state index contributed by atoms with van der Waals surface area (Å²) in [6, 6.07) is 8.83. The van der Waals surface area contributed by atoms with E-state index in [1.807, 2.05) is 17.5 Å². The number of rotatable bonds is 6. The van der Waals surface area contributed by atoms with Crippen LogP contribution in [0.4, 0.5) is 0 Å². The number of aryl methyl sites for hydroxylation is 1. The lowest BCUT2D eigenvalue weighted by molar-refractivity contribution is 0.684. The van der Waals surface area contributed by atoms with Crippen LogP contribution in [0.15, 0.2) is 30.5 Å². The van der Waals surface area contributed by atoms with E-state index < -0.39 is 0 Å². The summed E-state index contributed by atoms with van der Waals surface area (Å²) in [4.78, 5) is 5.81. The Balaban J connectivity index is 1.57. The number of nitrogens with one attached hydrogen (secondary N) is 1. The molecule has 100 valence electrons. The third-order valence-corrected chi connectivity index (χ3v) is 4.76. The molecule has 1 aromatic carbocycles. The first-order valence-corrected chi connectivity index (χ1v) is 7.90. The Morgan fingerprint density at radius 1 is 1.26 bits per heavy atom. The summed E-state index contributed by atoms with van der Waals surface area (Å²) in [6.07, 6.45) is 5.81. The topological polar surface area (TPSA) is 24.9 Å². The average molecular weight is 272 g/mol. The Bertz CT molecular complexity index is 543. The molecule has 0 radical (unpaired) electrons. The maximum absolute atomic E-state index is 4.44. The number of benzene rings is 1. The highest BCUT2D eigenvalue weighted by atomic mass is 32.1. The molecule has 1 aliphatic carbocycles. The highest BCUT2D eigenvalue weighted by molar-refractivity contribution is 7.11. The van der Waals surface area contributed by atoms with Crippen LogP contribution in [0.2, 0.25) is 0 Å². The SMILES string of the molecule is CCc1cnc(CNCc2ccccc2C2CC2)s1. The van der Waals surface area contributed by atoms with Gasteiger partial charge >= 0.3 is 0 Å². The van der Waals surface area contributed by atoms with Gasteiger partial charge in [-0.1, -0.05) is 31.2 Å². The van der Waals surface area contributed by atoms with Crippen LogP contribution in [0.25, 0.3) is 0 Å². The Morgan fingerprint density at radius 2 is 2.11 bits per heavy atom. The molecule has 2 aromatic rings. The molecule has 3 rings (SSSR count). The van der Waals surface area contributed by atoms with E-state index in [2.05, 4.69) is 41.5 Å². The lowest BCUT2D eigenvalue weighted by Gasteiger charge is -2.09. The van der Waals surface area contributed by atoms with E-state index in [-0.39, 0.29) is 0 Å². The maximum atomic E-state index is 4.44. The van der Waals surface area contributed by atoms with Gasteiger partial charge in [0.2, 0.25) is 0 Å². The molecule has 0 bridgehead atoms. The molecule has 2 nitrogen and oxygen atoms in total. The number of aromatic nitrogens is 1. The number of thiazole rings is 1. The first-order chi connectivity index (χ1) is 9.36. The summed E-state index contributed by atoms with van der Waals surface area (Å²) in [7, 11) is 0. The third kappa shape index (κ3) is 3.23.